The Bertz CT molecular complexity index is 1490. The fourth-order valence-corrected chi connectivity index (χ4v) is 6.36. The molecule has 8 nitrogen and oxygen atoms in total. The van der Waals surface area contributed by atoms with Gasteiger partial charge >= 0.3 is 0 Å². The van der Waals surface area contributed by atoms with Crippen LogP contribution in [0.2, 0.25) is 5.02 Å². The molecule has 3 aromatic carbocycles. The molecule has 0 bridgehead atoms. The molecule has 10 heteroatoms. The summed E-state index contributed by atoms with van der Waals surface area (Å²) in [4.78, 5) is 29.8. The molecular formula is C32H38ClN3O5S. The van der Waals surface area contributed by atoms with E-state index in [9.17, 15) is 18.0 Å². The third-order valence-electron chi connectivity index (χ3n) is 7.66. The van der Waals surface area contributed by atoms with E-state index in [4.69, 9.17) is 16.3 Å². The Kier molecular flexibility index (Phi) is 10.5. The van der Waals surface area contributed by atoms with Crippen LogP contribution in [-0.2, 0) is 32.6 Å². The van der Waals surface area contributed by atoms with Crippen molar-refractivity contribution < 1.29 is 22.7 Å². The first-order valence-corrected chi connectivity index (χ1v) is 16.3. The Morgan fingerprint density at radius 2 is 1.69 bits per heavy atom. The molecular weight excluding hydrogens is 574 g/mol. The largest absolute Gasteiger partial charge is 0.495 e. The van der Waals surface area contributed by atoms with E-state index in [1.807, 2.05) is 61.5 Å². The summed E-state index contributed by atoms with van der Waals surface area (Å²) in [7, 11) is -2.53. The number of hydrogen-bond donors (Lipinski definition) is 1. The van der Waals surface area contributed by atoms with Crippen molar-refractivity contribution in [2.24, 2.45) is 0 Å². The second-order valence-electron chi connectivity index (χ2n) is 10.7. The van der Waals surface area contributed by atoms with Gasteiger partial charge in [0.25, 0.3) is 0 Å². The number of ether oxygens (including phenoxy) is 1. The maximum absolute atomic E-state index is 14.3. The number of nitrogens with zero attached hydrogens (tertiary/aromatic N) is 2. The van der Waals surface area contributed by atoms with E-state index < -0.39 is 28.5 Å². The van der Waals surface area contributed by atoms with Gasteiger partial charge in [0.2, 0.25) is 21.8 Å². The van der Waals surface area contributed by atoms with Crippen LogP contribution in [0.4, 0.5) is 5.69 Å². The van der Waals surface area contributed by atoms with Crippen molar-refractivity contribution in [3.05, 3.63) is 94.5 Å². The molecule has 42 heavy (non-hydrogen) atoms. The molecule has 3 aromatic rings. The lowest BCUT2D eigenvalue weighted by molar-refractivity contribution is -0.140. The number of amides is 2. The Balaban J connectivity index is 1.76. The lowest BCUT2D eigenvalue weighted by Crippen LogP contribution is -2.54. The number of hydrogen-bond acceptors (Lipinski definition) is 5. The van der Waals surface area contributed by atoms with Gasteiger partial charge in [0.05, 0.1) is 19.1 Å². The molecule has 1 aliphatic carbocycles. The highest BCUT2D eigenvalue weighted by Gasteiger charge is 2.35. The van der Waals surface area contributed by atoms with Gasteiger partial charge in [-0.3, -0.25) is 13.9 Å². The number of carbonyl (C=O) groups excluding carboxylic acids is 2. The van der Waals surface area contributed by atoms with E-state index >= 15 is 0 Å². The van der Waals surface area contributed by atoms with Gasteiger partial charge in [-0.05, 0) is 54.7 Å². The zero-order valence-corrected chi connectivity index (χ0v) is 25.8. The number of rotatable bonds is 12. The van der Waals surface area contributed by atoms with Crippen LogP contribution in [0.25, 0.3) is 0 Å². The van der Waals surface area contributed by atoms with Crippen molar-refractivity contribution in [1.29, 1.82) is 0 Å². The van der Waals surface area contributed by atoms with E-state index in [0.29, 0.717) is 5.02 Å². The van der Waals surface area contributed by atoms with Gasteiger partial charge < -0.3 is 15.0 Å². The Morgan fingerprint density at radius 1 is 1.02 bits per heavy atom. The number of sulfonamides is 1. The molecule has 1 N–H and O–H groups in total. The summed E-state index contributed by atoms with van der Waals surface area (Å²) in [6.45, 7) is 1.54. The van der Waals surface area contributed by atoms with Gasteiger partial charge in [-0.25, -0.2) is 8.42 Å². The molecule has 2 amide bonds. The van der Waals surface area contributed by atoms with Gasteiger partial charge in [0.15, 0.2) is 0 Å². The molecule has 0 radical (unpaired) electrons. The van der Waals surface area contributed by atoms with E-state index in [1.54, 1.807) is 12.1 Å². The highest BCUT2D eigenvalue weighted by atomic mass is 35.5. The van der Waals surface area contributed by atoms with Crippen molar-refractivity contribution in [2.45, 2.75) is 57.7 Å². The topological polar surface area (TPSA) is 96.0 Å². The van der Waals surface area contributed by atoms with Gasteiger partial charge in [-0.2, -0.15) is 0 Å². The summed E-state index contributed by atoms with van der Waals surface area (Å²) in [5, 5.41) is 3.47. The smallest absolute Gasteiger partial charge is 0.244 e. The number of halogens is 1. The molecule has 1 fully saturated rings. The third kappa shape index (κ3) is 8.04. The van der Waals surface area contributed by atoms with Crippen LogP contribution in [0.15, 0.2) is 72.8 Å². The predicted molar refractivity (Wildman–Crippen MR) is 166 cm³/mol. The lowest BCUT2D eigenvalue weighted by Gasteiger charge is -2.34. The second-order valence-corrected chi connectivity index (χ2v) is 13.1. The molecule has 0 heterocycles. The average Bonchev–Trinajstić information content (AvgIpc) is 3.47. The molecule has 1 atom stereocenters. The second kappa shape index (κ2) is 14.1. The van der Waals surface area contributed by atoms with Crippen molar-refractivity contribution in [1.82, 2.24) is 10.2 Å². The first kappa shape index (κ1) is 31.4. The molecule has 1 aliphatic rings. The minimum atomic E-state index is -3.95. The minimum Gasteiger partial charge on any atom is -0.495 e. The Morgan fingerprint density at radius 3 is 2.33 bits per heavy atom. The van der Waals surface area contributed by atoms with Crippen LogP contribution in [0.5, 0.6) is 5.75 Å². The first-order chi connectivity index (χ1) is 20.1. The Hall–Kier alpha value is -3.56. The fourth-order valence-electron chi connectivity index (χ4n) is 5.35. The zero-order valence-electron chi connectivity index (χ0n) is 24.3. The van der Waals surface area contributed by atoms with Gasteiger partial charge in [-0.15, -0.1) is 0 Å². The molecule has 0 spiro atoms. The van der Waals surface area contributed by atoms with Crippen molar-refractivity contribution >= 4 is 39.1 Å². The monoisotopic (exact) mass is 611 g/mol. The maximum Gasteiger partial charge on any atom is 0.244 e. The highest BCUT2D eigenvalue weighted by molar-refractivity contribution is 7.92. The van der Waals surface area contributed by atoms with Crippen molar-refractivity contribution in [3.8, 4) is 5.75 Å². The number of nitrogens with one attached hydrogen (secondary N) is 1. The van der Waals surface area contributed by atoms with E-state index in [1.165, 1.54) is 18.1 Å². The average molecular weight is 612 g/mol. The minimum absolute atomic E-state index is 0.0504. The molecule has 224 valence electrons. The van der Waals surface area contributed by atoms with Crippen molar-refractivity contribution in [2.75, 3.05) is 24.2 Å². The quantitative estimate of drug-likeness (QED) is 0.307. The zero-order chi connectivity index (χ0) is 30.3. The summed E-state index contributed by atoms with van der Waals surface area (Å²) in [5.74, 6) is -0.518. The summed E-state index contributed by atoms with van der Waals surface area (Å²) in [5.41, 5.74) is 2.86. The molecule has 0 aromatic heterocycles. The van der Waals surface area contributed by atoms with E-state index in [2.05, 4.69) is 5.32 Å². The van der Waals surface area contributed by atoms with Crippen LogP contribution in [0.1, 0.15) is 42.4 Å². The molecule has 4 rings (SSSR count). The standard InChI is InChI=1S/C32H38ClN3O5S/c1-23-11-7-8-14-25(23)21-35(29(19-24-12-5-4-6-13-24)32(38)34-27-15-9-10-16-27)31(37)22-36(42(3,39)40)28-20-26(33)17-18-30(28)41-2/h4-8,11-14,17-18,20,27,29H,9-10,15-16,19,21-22H2,1-3H3,(H,34,38)/t29-/m0/s1. The van der Waals surface area contributed by atoms with Crippen LogP contribution in [-0.4, -0.2) is 57.1 Å². The highest BCUT2D eigenvalue weighted by Crippen LogP contribution is 2.33. The summed E-state index contributed by atoms with van der Waals surface area (Å²) in [6.07, 6.45) is 5.19. The number of aryl methyl sites for hydroxylation is 1. The van der Waals surface area contributed by atoms with E-state index in [-0.39, 0.29) is 36.4 Å². The number of benzene rings is 3. The molecule has 0 aliphatic heterocycles. The van der Waals surface area contributed by atoms with Gasteiger partial charge in [-0.1, -0.05) is 79.0 Å². The molecule has 1 saturated carbocycles. The number of anilines is 1. The number of methoxy groups -OCH3 is 1. The van der Waals surface area contributed by atoms with Crippen molar-refractivity contribution in [3.63, 3.8) is 0 Å². The third-order valence-corrected chi connectivity index (χ3v) is 9.02. The number of carbonyl (C=O) groups is 2. The molecule has 0 unspecified atom stereocenters. The van der Waals surface area contributed by atoms with Gasteiger partial charge in [0, 0.05) is 24.0 Å². The van der Waals surface area contributed by atoms with Crippen LogP contribution in [0.3, 0.4) is 0 Å². The molecule has 0 saturated heterocycles. The summed E-state index contributed by atoms with van der Waals surface area (Å²) < 4.78 is 32.6. The summed E-state index contributed by atoms with van der Waals surface area (Å²) >= 11 is 6.23. The fraction of sp³-hybridized carbons (Fsp3) is 0.375. The Labute approximate surface area is 253 Å². The van der Waals surface area contributed by atoms with E-state index in [0.717, 1.165) is 52.9 Å². The SMILES string of the molecule is COc1ccc(Cl)cc1N(CC(=O)N(Cc1ccccc1C)[C@@H](Cc1ccccc1)C(=O)NC1CCCC1)S(C)(=O)=O. The lowest BCUT2D eigenvalue weighted by atomic mass is 10.0. The van der Waals surface area contributed by atoms with Gasteiger partial charge in [0.1, 0.15) is 18.3 Å². The van der Waals surface area contributed by atoms with Crippen LogP contribution in [0, 0.1) is 6.92 Å². The first-order valence-electron chi connectivity index (χ1n) is 14.1. The summed E-state index contributed by atoms with van der Waals surface area (Å²) in [6, 6.07) is 21.0. The van der Waals surface area contributed by atoms with Crippen LogP contribution < -0.4 is 14.4 Å². The maximum atomic E-state index is 14.3. The predicted octanol–water partition coefficient (Wildman–Crippen LogP) is 5.12. The normalized spacial score (nSPS) is 14.3. The van der Waals surface area contributed by atoms with Crippen LogP contribution >= 0.6 is 11.6 Å².